The number of aromatic carboxylic acids is 1. The van der Waals surface area contributed by atoms with E-state index in [1.54, 1.807) is 0 Å². The van der Waals surface area contributed by atoms with Gasteiger partial charge >= 0.3 is 5.97 Å². The average molecular weight is 225 g/mol. The molecule has 0 atom stereocenters. The number of hydrogen-bond donors (Lipinski definition) is 2. The minimum Gasteiger partial charge on any atom is -0.478 e. The summed E-state index contributed by atoms with van der Waals surface area (Å²) in [5.74, 6) is -2.13. The molecule has 5 heteroatoms. The summed E-state index contributed by atoms with van der Waals surface area (Å²) in [6, 6.07) is 3.27. The maximum atomic E-state index is 13.2. The number of amides is 1. The highest BCUT2D eigenvalue weighted by Crippen LogP contribution is 2.16. The van der Waals surface area contributed by atoms with Crippen molar-refractivity contribution < 1.29 is 19.1 Å². The summed E-state index contributed by atoms with van der Waals surface area (Å²) in [4.78, 5) is 21.9. The van der Waals surface area contributed by atoms with Crippen molar-refractivity contribution in [1.82, 2.24) is 0 Å². The third-order valence-corrected chi connectivity index (χ3v) is 1.96. The van der Waals surface area contributed by atoms with Crippen LogP contribution in [0, 0.1) is 5.82 Å². The predicted molar refractivity (Wildman–Crippen MR) is 56.9 cm³/mol. The number of carboxylic acid groups (broad SMARTS) is 1. The largest absolute Gasteiger partial charge is 0.478 e. The molecule has 0 aliphatic rings. The molecule has 0 saturated carbocycles. The smallest absolute Gasteiger partial charge is 0.335 e. The Balaban J connectivity index is 2.90. The molecule has 2 N–H and O–H groups in total. The molecule has 0 radical (unpaired) electrons. The number of nitrogens with one attached hydrogen (secondary N) is 1. The normalized spacial score (nSPS) is 9.88. The van der Waals surface area contributed by atoms with Gasteiger partial charge in [0.1, 0.15) is 5.82 Å². The van der Waals surface area contributed by atoms with Crippen LogP contribution in [0.2, 0.25) is 0 Å². The number of carboxylic acids is 1. The van der Waals surface area contributed by atoms with Gasteiger partial charge in [0.05, 0.1) is 11.3 Å². The van der Waals surface area contributed by atoms with Crippen molar-refractivity contribution in [3.8, 4) is 0 Å². The van der Waals surface area contributed by atoms with E-state index in [0.717, 1.165) is 18.2 Å². The second kappa shape index (κ2) is 5.25. The Morgan fingerprint density at radius 2 is 2.12 bits per heavy atom. The molecule has 0 aliphatic carbocycles. The average Bonchev–Trinajstić information content (AvgIpc) is 2.21. The van der Waals surface area contributed by atoms with Crippen LogP contribution in [0.15, 0.2) is 18.2 Å². The zero-order valence-corrected chi connectivity index (χ0v) is 8.79. The van der Waals surface area contributed by atoms with Gasteiger partial charge in [-0.05, 0) is 24.6 Å². The van der Waals surface area contributed by atoms with Gasteiger partial charge in [0.2, 0.25) is 5.91 Å². The number of carbonyl (C=O) groups excluding carboxylic acids is 1. The van der Waals surface area contributed by atoms with Gasteiger partial charge in [-0.25, -0.2) is 9.18 Å². The summed E-state index contributed by atoms with van der Waals surface area (Å²) in [5, 5.41) is 11.0. The van der Waals surface area contributed by atoms with Gasteiger partial charge in [0.25, 0.3) is 0 Å². The van der Waals surface area contributed by atoms with Crippen molar-refractivity contribution in [1.29, 1.82) is 0 Å². The summed E-state index contributed by atoms with van der Waals surface area (Å²) >= 11 is 0. The molecule has 16 heavy (non-hydrogen) atoms. The quantitative estimate of drug-likeness (QED) is 0.825. The van der Waals surface area contributed by atoms with E-state index in [4.69, 9.17) is 5.11 Å². The number of hydrogen-bond acceptors (Lipinski definition) is 2. The molecule has 86 valence electrons. The fourth-order valence-electron chi connectivity index (χ4n) is 1.19. The van der Waals surface area contributed by atoms with Crippen LogP contribution in [0.1, 0.15) is 30.1 Å². The molecule has 1 aromatic carbocycles. The third kappa shape index (κ3) is 3.05. The molecule has 1 amide bonds. The van der Waals surface area contributed by atoms with E-state index in [2.05, 4.69) is 5.32 Å². The van der Waals surface area contributed by atoms with E-state index in [1.165, 1.54) is 0 Å². The van der Waals surface area contributed by atoms with Crippen molar-refractivity contribution in [2.75, 3.05) is 5.32 Å². The lowest BCUT2D eigenvalue weighted by molar-refractivity contribution is -0.116. The second-order valence-corrected chi connectivity index (χ2v) is 3.30. The van der Waals surface area contributed by atoms with E-state index in [0.29, 0.717) is 6.42 Å². The Morgan fingerprint density at radius 3 is 2.69 bits per heavy atom. The molecule has 0 aliphatic heterocycles. The molecule has 0 spiro atoms. The molecule has 0 aromatic heterocycles. The second-order valence-electron chi connectivity index (χ2n) is 3.30. The topological polar surface area (TPSA) is 66.4 Å². The number of benzene rings is 1. The highest BCUT2D eigenvalue weighted by molar-refractivity contribution is 5.93. The molecule has 0 saturated heterocycles. The minimum atomic E-state index is -1.16. The number of anilines is 1. The van der Waals surface area contributed by atoms with Gasteiger partial charge in [-0.3, -0.25) is 4.79 Å². The first-order valence-corrected chi connectivity index (χ1v) is 4.87. The first kappa shape index (κ1) is 12.2. The number of halogens is 1. The molecular formula is C11H12FNO3. The highest BCUT2D eigenvalue weighted by atomic mass is 19.1. The molecule has 0 heterocycles. The zero-order chi connectivity index (χ0) is 12.1. The summed E-state index contributed by atoms with van der Waals surface area (Å²) in [7, 11) is 0. The van der Waals surface area contributed by atoms with Crippen LogP contribution in [0.25, 0.3) is 0 Å². The first-order chi connectivity index (χ1) is 7.54. The molecule has 0 bridgehead atoms. The van der Waals surface area contributed by atoms with Gasteiger partial charge in [-0.1, -0.05) is 6.92 Å². The highest BCUT2D eigenvalue weighted by Gasteiger charge is 2.10. The molecular weight excluding hydrogens is 213 g/mol. The summed E-state index contributed by atoms with van der Waals surface area (Å²) < 4.78 is 13.2. The van der Waals surface area contributed by atoms with Crippen LogP contribution in [-0.4, -0.2) is 17.0 Å². The van der Waals surface area contributed by atoms with Gasteiger partial charge in [0, 0.05) is 6.42 Å². The SMILES string of the molecule is CCCC(=O)Nc1cc(C(=O)O)ccc1F. The van der Waals surface area contributed by atoms with Gasteiger partial charge in [-0.15, -0.1) is 0 Å². The Morgan fingerprint density at radius 1 is 1.44 bits per heavy atom. The van der Waals surface area contributed by atoms with Crippen molar-refractivity contribution >= 4 is 17.6 Å². The number of rotatable bonds is 4. The first-order valence-electron chi connectivity index (χ1n) is 4.87. The van der Waals surface area contributed by atoms with E-state index in [-0.39, 0.29) is 23.6 Å². The standard InChI is InChI=1S/C11H12FNO3/c1-2-3-10(14)13-9-6-7(11(15)16)4-5-8(9)12/h4-6H,2-3H2,1H3,(H,13,14)(H,15,16). The predicted octanol–water partition coefficient (Wildman–Crippen LogP) is 2.26. The van der Waals surface area contributed by atoms with E-state index in [9.17, 15) is 14.0 Å². The van der Waals surface area contributed by atoms with Crippen molar-refractivity contribution in [2.45, 2.75) is 19.8 Å². The molecule has 4 nitrogen and oxygen atoms in total. The third-order valence-electron chi connectivity index (χ3n) is 1.96. The Labute approximate surface area is 92.1 Å². The summed E-state index contributed by atoms with van der Waals surface area (Å²) in [6.45, 7) is 1.82. The van der Waals surface area contributed by atoms with Crippen LogP contribution in [0.4, 0.5) is 10.1 Å². The Kier molecular flexibility index (Phi) is 3.99. The monoisotopic (exact) mass is 225 g/mol. The van der Waals surface area contributed by atoms with Gasteiger partial charge < -0.3 is 10.4 Å². The maximum Gasteiger partial charge on any atom is 0.335 e. The van der Waals surface area contributed by atoms with Crippen LogP contribution in [-0.2, 0) is 4.79 Å². The van der Waals surface area contributed by atoms with Crippen molar-refractivity contribution in [3.05, 3.63) is 29.6 Å². The molecule has 1 aromatic rings. The fraction of sp³-hybridized carbons (Fsp3) is 0.273. The van der Waals surface area contributed by atoms with Crippen LogP contribution < -0.4 is 5.32 Å². The molecule has 0 fully saturated rings. The zero-order valence-electron chi connectivity index (χ0n) is 8.79. The lowest BCUT2D eigenvalue weighted by Gasteiger charge is -2.06. The van der Waals surface area contributed by atoms with E-state index >= 15 is 0 Å². The van der Waals surface area contributed by atoms with Crippen molar-refractivity contribution in [2.24, 2.45) is 0 Å². The lowest BCUT2D eigenvalue weighted by atomic mass is 10.2. The summed E-state index contributed by atoms with van der Waals surface area (Å²) in [5.41, 5.74) is -0.161. The maximum absolute atomic E-state index is 13.2. The minimum absolute atomic E-state index is 0.0619. The molecule has 1 rings (SSSR count). The van der Waals surface area contributed by atoms with E-state index < -0.39 is 11.8 Å². The summed E-state index contributed by atoms with van der Waals surface area (Å²) in [6.07, 6.45) is 0.919. The lowest BCUT2D eigenvalue weighted by Crippen LogP contribution is -2.12. The fourth-order valence-corrected chi connectivity index (χ4v) is 1.19. The van der Waals surface area contributed by atoms with Crippen LogP contribution >= 0.6 is 0 Å². The Bertz CT molecular complexity index is 418. The van der Waals surface area contributed by atoms with Gasteiger partial charge in [-0.2, -0.15) is 0 Å². The van der Waals surface area contributed by atoms with E-state index in [1.807, 2.05) is 6.92 Å². The van der Waals surface area contributed by atoms with Gasteiger partial charge in [0.15, 0.2) is 0 Å². The van der Waals surface area contributed by atoms with Crippen LogP contribution in [0.5, 0.6) is 0 Å². The molecule has 0 unspecified atom stereocenters. The van der Waals surface area contributed by atoms with Crippen LogP contribution in [0.3, 0.4) is 0 Å². The van der Waals surface area contributed by atoms with Crippen molar-refractivity contribution in [3.63, 3.8) is 0 Å². The number of carbonyl (C=O) groups is 2. The Hall–Kier alpha value is -1.91.